The molecule has 1 fully saturated rings. The summed E-state index contributed by atoms with van der Waals surface area (Å²) in [6.07, 6.45) is 2.91. The zero-order chi connectivity index (χ0) is 7.68. The third kappa shape index (κ3) is 1.02. The van der Waals surface area contributed by atoms with Crippen molar-refractivity contribution in [3.05, 3.63) is 0 Å². The number of carbonyl (C=O) groups excluding carboxylic acids is 1. The van der Waals surface area contributed by atoms with Gasteiger partial charge in [0, 0.05) is 13.0 Å². The normalized spacial score (nSPS) is 23.1. The van der Waals surface area contributed by atoms with Gasteiger partial charge in [-0.25, -0.2) is 5.01 Å². The lowest BCUT2D eigenvalue weighted by Crippen LogP contribution is -2.38. The van der Waals surface area contributed by atoms with Crippen molar-refractivity contribution in [3.8, 4) is 0 Å². The molecule has 11 heavy (non-hydrogen) atoms. The fourth-order valence-corrected chi connectivity index (χ4v) is 1.23. The molecule has 2 aliphatic rings. The number of nitrogens with zero attached hydrogens (tertiary/aromatic N) is 3. The van der Waals surface area contributed by atoms with E-state index in [0.29, 0.717) is 13.2 Å². The van der Waals surface area contributed by atoms with Crippen LogP contribution in [-0.2, 0) is 9.53 Å². The highest BCUT2D eigenvalue weighted by Crippen LogP contribution is 2.14. The zero-order valence-corrected chi connectivity index (χ0v) is 6.06. The molecule has 5 nitrogen and oxygen atoms in total. The van der Waals surface area contributed by atoms with Gasteiger partial charge in [0.05, 0.1) is 0 Å². The van der Waals surface area contributed by atoms with Crippen molar-refractivity contribution in [2.24, 2.45) is 5.10 Å². The third-order valence-corrected chi connectivity index (χ3v) is 1.77. The Morgan fingerprint density at radius 1 is 1.64 bits per heavy atom. The third-order valence-electron chi connectivity index (χ3n) is 1.77. The van der Waals surface area contributed by atoms with Gasteiger partial charge in [-0.2, -0.15) is 5.12 Å². The molecule has 0 saturated carbocycles. The molecule has 0 spiro atoms. The molecule has 0 N–H and O–H groups in total. The SMILES string of the molecule is O=C1CCCN1N1COC=N1. The topological polar surface area (TPSA) is 45.1 Å². The second-order valence-corrected chi connectivity index (χ2v) is 2.51. The molecule has 60 valence electrons. The second-order valence-electron chi connectivity index (χ2n) is 2.51. The number of rotatable bonds is 1. The first-order valence-electron chi connectivity index (χ1n) is 3.60. The van der Waals surface area contributed by atoms with Gasteiger partial charge in [-0.3, -0.25) is 4.79 Å². The predicted molar refractivity (Wildman–Crippen MR) is 37.2 cm³/mol. The minimum absolute atomic E-state index is 0.132. The first-order valence-corrected chi connectivity index (χ1v) is 3.60. The molecule has 1 amide bonds. The molecule has 5 heteroatoms. The fourth-order valence-electron chi connectivity index (χ4n) is 1.23. The number of amides is 1. The lowest BCUT2D eigenvalue weighted by molar-refractivity contribution is -0.146. The summed E-state index contributed by atoms with van der Waals surface area (Å²) in [5, 5.41) is 7.02. The monoisotopic (exact) mass is 155 g/mol. The van der Waals surface area contributed by atoms with Crippen molar-refractivity contribution >= 4 is 12.3 Å². The van der Waals surface area contributed by atoms with E-state index in [-0.39, 0.29) is 5.91 Å². The van der Waals surface area contributed by atoms with Crippen molar-refractivity contribution < 1.29 is 9.53 Å². The Labute approximate surface area is 64.2 Å². The maximum atomic E-state index is 11.1. The number of hydrogen-bond acceptors (Lipinski definition) is 4. The molecule has 0 radical (unpaired) electrons. The van der Waals surface area contributed by atoms with E-state index in [1.807, 2.05) is 0 Å². The number of carbonyl (C=O) groups is 1. The Kier molecular flexibility index (Phi) is 1.41. The van der Waals surface area contributed by atoms with Crippen molar-refractivity contribution in [3.63, 3.8) is 0 Å². The standard InChI is InChI=1S/C6H9N3O2/c10-6-2-1-3-8(6)9-5-11-4-7-9/h4H,1-3,5H2. The zero-order valence-electron chi connectivity index (χ0n) is 6.06. The Balaban J connectivity index is 2.03. The summed E-state index contributed by atoms with van der Waals surface area (Å²) in [5.41, 5.74) is 0. The van der Waals surface area contributed by atoms with Crippen molar-refractivity contribution in [1.29, 1.82) is 0 Å². The van der Waals surface area contributed by atoms with Gasteiger partial charge >= 0.3 is 0 Å². The van der Waals surface area contributed by atoms with Crippen molar-refractivity contribution in [2.75, 3.05) is 13.3 Å². The lowest BCUT2D eigenvalue weighted by atomic mass is 10.4. The number of hydrazone groups is 1. The van der Waals surface area contributed by atoms with Crippen LogP contribution in [0.5, 0.6) is 0 Å². The lowest BCUT2D eigenvalue weighted by Gasteiger charge is -2.22. The minimum Gasteiger partial charge on any atom is -0.457 e. The molecule has 0 aromatic carbocycles. The van der Waals surface area contributed by atoms with Crippen LogP contribution in [0.25, 0.3) is 0 Å². The van der Waals surface area contributed by atoms with Gasteiger partial charge in [0.25, 0.3) is 0 Å². The minimum atomic E-state index is 0.132. The molecule has 2 rings (SSSR count). The summed E-state index contributed by atoms with van der Waals surface area (Å²) < 4.78 is 4.86. The Morgan fingerprint density at radius 2 is 2.55 bits per heavy atom. The van der Waals surface area contributed by atoms with Gasteiger partial charge in [0.1, 0.15) is 0 Å². The van der Waals surface area contributed by atoms with Crippen molar-refractivity contribution in [2.45, 2.75) is 12.8 Å². The molecule has 0 aliphatic carbocycles. The average Bonchev–Trinajstić information content (AvgIpc) is 2.55. The highest BCUT2D eigenvalue weighted by atomic mass is 16.5. The number of ether oxygens (including phenoxy) is 1. The van der Waals surface area contributed by atoms with E-state index in [1.54, 1.807) is 10.1 Å². The van der Waals surface area contributed by atoms with Crippen LogP contribution in [0.2, 0.25) is 0 Å². The highest BCUT2D eigenvalue weighted by Gasteiger charge is 2.26. The molecular formula is C6H9N3O2. The largest absolute Gasteiger partial charge is 0.457 e. The van der Waals surface area contributed by atoms with Crippen LogP contribution in [0.3, 0.4) is 0 Å². The van der Waals surface area contributed by atoms with E-state index in [1.165, 1.54) is 6.40 Å². The van der Waals surface area contributed by atoms with Gasteiger partial charge in [-0.1, -0.05) is 0 Å². The van der Waals surface area contributed by atoms with E-state index in [4.69, 9.17) is 4.74 Å². The van der Waals surface area contributed by atoms with Crippen LogP contribution in [0.15, 0.2) is 5.10 Å². The molecule has 0 atom stereocenters. The van der Waals surface area contributed by atoms with E-state index in [9.17, 15) is 4.79 Å². The Morgan fingerprint density at radius 3 is 3.09 bits per heavy atom. The van der Waals surface area contributed by atoms with Crippen LogP contribution in [0, 0.1) is 0 Å². The smallest absolute Gasteiger partial charge is 0.242 e. The maximum Gasteiger partial charge on any atom is 0.242 e. The van der Waals surface area contributed by atoms with Gasteiger partial charge in [-0.15, -0.1) is 5.10 Å². The Bertz CT molecular complexity index is 204. The van der Waals surface area contributed by atoms with Gasteiger partial charge < -0.3 is 4.74 Å². The summed E-state index contributed by atoms with van der Waals surface area (Å²) in [4.78, 5) is 11.1. The van der Waals surface area contributed by atoms with Gasteiger partial charge in [0.2, 0.25) is 5.91 Å². The van der Waals surface area contributed by atoms with Crippen LogP contribution in [-0.4, -0.2) is 35.7 Å². The van der Waals surface area contributed by atoms with Crippen molar-refractivity contribution in [1.82, 2.24) is 10.1 Å². The summed E-state index contributed by atoms with van der Waals surface area (Å²) in [7, 11) is 0. The van der Waals surface area contributed by atoms with E-state index < -0.39 is 0 Å². The van der Waals surface area contributed by atoms with E-state index >= 15 is 0 Å². The molecule has 0 aromatic rings. The fraction of sp³-hybridized carbons (Fsp3) is 0.667. The molecule has 0 unspecified atom stereocenters. The highest BCUT2D eigenvalue weighted by molar-refractivity contribution is 5.77. The molecule has 2 aliphatic heterocycles. The molecule has 1 saturated heterocycles. The van der Waals surface area contributed by atoms with Gasteiger partial charge in [0.15, 0.2) is 13.1 Å². The molecule has 0 aromatic heterocycles. The average molecular weight is 155 g/mol. The van der Waals surface area contributed by atoms with E-state index in [2.05, 4.69) is 5.10 Å². The summed E-state index contributed by atoms with van der Waals surface area (Å²) in [6.45, 7) is 1.13. The van der Waals surface area contributed by atoms with Gasteiger partial charge in [-0.05, 0) is 6.42 Å². The second kappa shape index (κ2) is 2.41. The summed E-state index contributed by atoms with van der Waals surface area (Å²) in [5.74, 6) is 0.132. The number of hydrazine groups is 1. The van der Waals surface area contributed by atoms with Crippen LogP contribution in [0.4, 0.5) is 0 Å². The van der Waals surface area contributed by atoms with Crippen LogP contribution >= 0.6 is 0 Å². The summed E-state index contributed by atoms with van der Waals surface area (Å²) in [6, 6.07) is 0. The van der Waals surface area contributed by atoms with Crippen LogP contribution in [0.1, 0.15) is 12.8 Å². The first kappa shape index (κ1) is 6.45. The van der Waals surface area contributed by atoms with Crippen LogP contribution < -0.4 is 0 Å². The molecular weight excluding hydrogens is 146 g/mol. The first-order chi connectivity index (χ1) is 5.38. The number of hydrogen-bond donors (Lipinski definition) is 0. The summed E-state index contributed by atoms with van der Waals surface area (Å²) >= 11 is 0. The Hall–Kier alpha value is -1.26. The predicted octanol–water partition coefficient (Wildman–Crippen LogP) is -0.243. The van der Waals surface area contributed by atoms with E-state index in [0.717, 1.165) is 13.0 Å². The molecule has 0 bridgehead atoms. The maximum absolute atomic E-state index is 11.1. The quantitative estimate of drug-likeness (QED) is 0.524. The molecule has 2 heterocycles.